The summed E-state index contributed by atoms with van der Waals surface area (Å²) in [5, 5.41) is 12.1. The predicted molar refractivity (Wildman–Crippen MR) is 133 cm³/mol. The fourth-order valence-corrected chi connectivity index (χ4v) is 7.07. The second-order valence-electron chi connectivity index (χ2n) is 7.58. The SMILES string of the molecule is O=C(NC(CCO)c1ccco1)C1SCCN1S(=O)(=O)c1ccc(-c2ccc(Cl)c(Cl)c2)cc1. The van der Waals surface area contributed by atoms with Gasteiger partial charge in [-0.2, -0.15) is 4.31 Å². The highest BCUT2D eigenvalue weighted by Crippen LogP contribution is 2.33. The summed E-state index contributed by atoms with van der Waals surface area (Å²) >= 11 is 13.3. The number of nitrogens with one attached hydrogen (secondary N) is 1. The Bertz CT molecular complexity index is 1250. The van der Waals surface area contributed by atoms with Gasteiger partial charge < -0.3 is 14.8 Å². The molecule has 0 radical (unpaired) electrons. The van der Waals surface area contributed by atoms with Crippen LogP contribution in [-0.2, 0) is 14.8 Å². The summed E-state index contributed by atoms with van der Waals surface area (Å²) in [4.78, 5) is 13.1. The summed E-state index contributed by atoms with van der Waals surface area (Å²) < 4.78 is 33.3. The Balaban J connectivity index is 1.52. The van der Waals surface area contributed by atoms with E-state index >= 15 is 0 Å². The summed E-state index contributed by atoms with van der Waals surface area (Å²) in [7, 11) is -3.92. The lowest BCUT2D eigenvalue weighted by molar-refractivity contribution is -0.123. The molecule has 0 saturated carbocycles. The summed E-state index contributed by atoms with van der Waals surface area (Å²) in [6.07, 6.45) is 1.73. The van der Waals surface area contributed by atoms with Crippen molar-refractivity contribution in [1.29, 1.82) is 0 Å². The maximum Gasteiger partial charge on any atom is 0.249 e. The molecular formula is C23H22Cl2N2O5S2. The lowest BCUT2D eigenvalue weighted by Gasteiger charge is -2.24. The molecule has 0 bridgehead atoms. The fraction of sp³-hybridized carbons (Fsp3) is 0.261. The summed E-state index contributed by atoms with van der Waals surface area (Å²) in [6, 6.07) is 14.5. The van der Waals surface area contributed by atoms with Crippen LogP contribution in [0.2, 0.25) is 10.0 Å². The highest BCUT2D eigenvalue weighted by molar-refractivity contribution is 8.02. The molecule has 1 aliphatic heterocycles. The van der Waals surface area contributed by atoms with Crippen LogP contribution in [-0.4, -0.2) is 48.0 Å². The second-order valence-corrected chi connectivity index (χ2v) is 11.5. The van der Waals surface area contributed by atoms with Crippen molar-refractivity contribution >= 4 is 50.9 Å². The summed E-state index contributed by atoms with van der Waals surface area (Å²) in [6.45, 7) is 0.0572. The van der Waals surface area contributed by atoms with E-state index < -0.39 is 27.3 Å². The minimum absolute atomic E-state index is 0.0922. The van der Waals surface area contributed by atoms with Gasteiger partial charge in [-0.1, -0.05) is 41.4 Å². The highest BCUT2D eigenvalue weighted by atomic mass is 35.5. The van der Waals surface area contributed by atoms with Gasteiger partial charge in [0.1, 0.15) is 11.1 Å². The van der Waals surface area contributed by atoms with Crippen LogP contribution < -0.4 is 5.32 Å². The smallest absolute Gasteiger partial charge is 0.249 e. The molecule has 7 nitrogen and oxygen atoms in total. The molecule has 3 aromatic rings. The molecule has 1 aromatic heterocycles. The number of aliphatic hydroxyl groups is 1. The number of rotatable bonds is 8. The van der Waals surface area contributed by atoms with Crippen molar-refractivity contribution in [2.75, 3.05) is 18.9 Å². The van der Waals surface area contributed by atoms with Gasteiger partial charge in [0.25, 0.3) is 0 Å². The Morgan fingerprint density at radius 2 is 1.88 bits per heavy atom. The Labute approximate surface area is 212 Å². The van der Waals surface area contributed by atoms with Crippen molar-refractivity contribution in [3.05, 3.63) is 76.7 Å². The molecule has 0 spiro atoms. The third-order valence-electron chi connectivity index (χ3n) is 5.41. The molecule has 2 aromatic carbocycles. The van der Waals surface area contributed by atoms with E-state index in [1.165, 1.54) is 34.5 Å². The Morgan fingerprint density at radius 1 is 1.15 bits per heavy atom. The molecule has 34 heavy (non-hydrogen) atoms. The molecule has 1 saturated heterocycles. The third-order valence-corrected chi connectivity index (χ3v) is 9.36. The standard InChI is InChI=1S/C23H22Cl2N2O5S2/c24-18-8-5-16(14-19(18)25)15-3-6-17(7-4-15)34(30,31)27-10-13-33-23(27)22(29)26-20(9-11-28)21-2-1-12-32-21/h1-8,12,14,20,23,28H,9-11,13H2,(H,26,29). The molecule has 2 N–H and O–H groups in total. The minimum atomic E-state index is -3.92. The highest BCUT2D eigenvalue weighted by Gasteiger charge is 2.41. The zero-order valence-electron chi connectivity index (χ0n) is 17.9. The Morgan fingerprint density at radius 3 is 2.53 bits per heavy atom. The number of furan rings is 1. The number of carbonyl (C=O) groups excluding carboxylic acids is 1. The van der Waals surface area contributed by atoms with Crippen molar-refractivity contribution < 1.29 is 22.7 Å². The fourth-order valence-electron chi connectivity index (χ4n) is 3.69. The average Bonchev–Trinajstić information content (AvgIpc) is 3.53. The number of halogens is 2. The lowest BCUT2D eigenvalue weighted by Crippen LogP contribution is -2.45. The van der Waals surface area contributed by atoms with Gasteiger partial charge in [0.15, 0.2) is 0 Å². The first-order chi connectivity index (χ1) is 16.3. The number of sulfonamides is 1. The molecule has 4 rings (SSSR count). The van der Waals surface area contributed by atoms with Crippen molar-refractivity contribution in [2.45, 2.75) is 22.7 Å². The van der Waals surface area contributed by atoms with Crippen molar-refractivity contribution in [3.63, 3.8) is 0 Å². The van der Waals surface area contributed by atoms with E-state index in [0.717, 1.165) is 11.1 Å². The van der Waals surface area contributed by atoms with Gasteiger partial charge in [0, 0.05) is 18.9 Å². The quantitative estimate of drug-likeness (QED) is 0.434. The average molecular weight is 541 g/mol. The monoisotopic (exact) mass is 540 g/mol. The normalized spacial score (nSPS) is 17.6. The lowest BCUT2D eigenvalue weighted by atomic mass is 10.1. The molecule has 180 valence electrons. The molecule has 11 heteroatoms. The molecule has 1 aliphatic rings. The van der Waals surface area contributed by atoms with Gasteiger partial charge in [-0.25, -0.2) is 8.42 Å². The maximum atomic E-state index is 13.4. The van der Waals surface area contributed by atoms with E-state index in [-0.39, 0.29) is 24.5 Å². The van der Waals surface area contributed by atoms with E-state index in [9.17, 15) is 18.3 Å². The molecular weight excluding hydrogens is 519 g/mol. The zero-order valence-corrected chi connectivity index (χ0v) is 21.0. The molecule has 0 aliphatic carbocycles. The number of amides is 1. The topological polar surface area (TPSA) is 99.8 Å². The largest absolute Gasteiger partial charge is 0.467 e. The Kier molecular flexibility index (Phi) is 7.91. The van der Waals surface area contributed by atoms with Crippen LogP contribution in [0.15, 0.2) is 70.2 Å². The first kappa shape index (κ1) is 25.1. The summed E-state index contributed by atoms with van der Waals surface area (Å²) in [5.74, 6) is 0.537. The minimum Gasteiger partial charge on any atom is -0.467 e. The van der Waals surface area contributed by atoms with Gasteiger partial charge in [0.2, 0.25) is 15.9 Å². The number of benzene rings is 2. The van der Waals surface area contributed by atoms with Crippen LogP contribution in [0.25, 0.3) is 11.1 Å². The van der Waals surface area contributed by atoms with Crippen LogP contribution in [0.5, 0.6) is 0 Å². The number of hydrogen-bond donors (Lipinski definition) is 2. The van der Waals surface area contributed by atoms with E-state index in [4.69, 9.17) is 27.6 Å². The van der Waals surface area contributed by atoms with Crippen LogP contribution >= 0.6 is 35.0 Å². The van der Waals surface area contributed by atoms with E-state index in [1.807, 2.05) is 0 Å². The number of carbonyl (C=O) groups is 1. The third kappa shape index (κ3) is 5.30. The van der Waals surface area contributed by atoms with E-state index in [1.54, 1.807) is 42.5 Å². The molecule has 2 atom stereocenters. The van der Waals surface area contributed by atoms with E-state index in [0.29, 0.717) is 21.6 Å². The first-order valence-electron chi connectivity index (χ1n) is 10.4. The predicted octanol–water partition coefficient (Wildman–Crippen LogP) is 4.56. The Hall–Kier alpha value is -2.01. The van der Waals surface area contributed by atoms with Crippen LogP contribution in [0.3, 0.4) is 0 Å². The molecule has 2 heterocycles. The van der Waals surface area contributed by atoms with Crippen LogP contribution in [0, 0.1) is 0 Å². The van der Waals surface area contributed by atoms with E-state index in [2.05, 4.69) is 5.32 Å². The second kappa shape index (κ2) is 10.7. The van der Waals surface area contributed by atoms with Crippen LogP contribution in [0.1, 0.15) is 18.2 Å². The maximum absolute atomic E-state index is 13.4. The zero-order chi connectivity index (χ0) is 24.3. The molecule has 1 amide bonds. The molecule has 2 unspecified atom stereocenters. The van der Waals surface area contributed by atoms with Gasteiger partial charge in [0.05, 0.1) is 27.2 Å². The number of aliphatic hydroxyl groups excluding tert-OH is 1. The van der Waals surface area contributed by atoms with Crippen molar-refractivity contribution in [1.82, 2.24) is 9.62 Å². The van der Waals surface area contributed by atoms with Gasteiger partial charge in [-0.05, 0) is 53.9 Å². The number of thioether (sulfide) groups is 1. The van der Waals surface area contributed by atoms with Gasteiger partial charge >= 0.3 is 0 Å². The number of nitrogens with zero attached hydrogens (tertiary/aromatic N) is 1. The van der Waals surface area contributed by atoms with Crippen molar-refractivity contribution in [2.24, 2.45) is 0 Å². The van der Waals surface area contributed by atoms with Crippen molar-refractivity contribution in [3.8, 4) is 11.1 Å². The van der Waals surface area contributed by atoms with Crippen LogP contribution in [0.4, 0.5) is 0 Å². The summed E-state index contributed by atoms with van der Waals surface area (Å²) in [5.41, 5.74) is 1.59. The van der Waals surface area contributed by atoms with Gasteiger partial charge in [-0.3, -0.25) is 4.79 Å². The van der Waals surface area contributed by atoms with Gasteiger partial charge in [-0.15, -0.1) is 11.8 Å². The first-order valence-corrected chi connectivity index (χ1v) is 13.7. The molecule has 1 fully saturated rings. The number of hydrogen-bond acceptors (Lipinski definition) is 6.